The molecule has 0 aromatic carbocycles. The Hall–Kier alpha value is -2.09. The molecule has 9 nitrogen and oxygen atoms in total. The van der Waals surface area contributed by atoms with E-state index in [1.165, 1.54) is 0 Å². The van der Waals surface area contributed by atoms with Crippen LogP contribution in [0.4, 0.5) is 5.82 Å². The van der Waals surface area contributed by atoms with Gasteiger partial charge in [-0.05, 0) is 0 Å². The first-order valence-corrected chi connectivity index (χ1v) is 3.95. The molecule has 0 atom stereocenters. The number of nitrogens with two attached hydrogens (primary N) is 1. The topological polar surface area (TPSA) is 161 Å². The first-order chi connectivity index (χ1) is 7.49. The monoisotopic (exact) mass is 285 g/mol. The molecule has 3 N–H and O–H groups in total. The van der Waals surface area contributed by atoms with Gasteiger partial charge < -0.3 is 30.5 Å². The summed E-state index contributed by atoms with van der Waals surface area (Å²) in [5, 5.41) is 21.0. The Balaban J connectivity index is 0.00000144. The van der Waals surface area contributed by atoms with E-state index in [0.29, 0.717) is 0 Å². The minimum absolute atomic E-state index is 0. The van der Waals surface area contributed by atoms with Crippen molar-refractivity contribution in [3.63, 3.8) is 0 Å². The molecule has 0 fully saturated rings. The standard InChI is InChI=1S/C7H5N5O4.Zn/c8-2-1-3(11-4(9-1)6(13)14)12-5(10-2)7(15)16;/h(H,13,14)(H,15,16)(H3,8,9,10,11,12);/q;+2/p-2. The number of rotatable bonds is 2. The number of aromatic amines is 1. The molecule has 0 unspecified atom stereocenters. The molecular formula is C7H3N5O4Zn. The van der Waals surface area contributed by atoms with Crippen LogP contribution in [0.1, 0.15) is 21.2 Å². The average molecular weight is 287 g/mol. The molecule has 2 heterocycles. The summed E-state index contributed by atoms with van der Waals surface area (Å²) in [6, 6.07) is 0. The minimum Gasteiger partial charge on any atom is -0.542 e. The molecule has 82 valence electrons. The second-order valence-corrected chi connectivity index (χ2v) is 2.79. The minimum atomic E-state index is -1.63. The van der Waals surface area contributed by atoms with E-state index in [1.807, 2.05) is 0 Å². The van der Waals surface area contributed by atoms with Gasteiger partial charge in [0.05, 0.1) is 0 Å². The van der Waals surface area contributed by atoms with Gasteiger partial charge in [0.15, 0.2) is 23.1 Å². The number of nitrogens with zero attached hydrogens (tertiary/aromatic N) is 3. The van der Waals surface area contributed by atoms with Gasteiger partial charge in [-0.2, -0.15) is 0 Å². The fourth-order valence-electron chi connectivity index (χ4n) is 1.11. The molecule has 0 aliphatic rings. The molecule has 0 bridgehead atoms. The molecule has 0 spiro atoms. The Kier molecular flexibility index (Phi) is 3.37. The third-order valence-corrected chi connectivity index (χ3v) is 1.75. The van der Waals surface area contributed by atoms with Gasteiger partial charge in [-0.25, -0.2) is 15.0 Å². The number of imidazole rings is 1. The summed E-state index contributed by atoms with van der Waals surface area (Å²) >= 11 is 0. The summed E-state index contributed by atoms with van der Waals surface area (Å²) in [6.45, 7) is 0. The van der Waals surface area contributed by atoms with Crippen molar-refractivity contribution in [3.8, 4) is 0 Å². The Morgan fingerprint density at radius 3 is 2.29 bits per heavy atom. The van der Waals surface area contributed by atoms with Gasteiger partial charge in [-0.1, -0.05) is 0 Å². The predicted octanol–water partition coefficient (Wildman–Crippen LogP) is -3.34. The SMILES string of the molecule is Nc1nc(C(=O)[O-])nc2nc(C(=O)[O-])[nH]c12.[Zn+2]. The Morgan fingerprint density at radius 2 is 1.76 bits per heavy atom. The molecule has 0 aliphatic carbocycles. The van der Waals surface area contributed by atoms with Gasteiger partial charge in [-0.3, -0.25) is 0 Å². The molecule has 0 saturated heterocycles. The van der Waals surface area contributed by atoms with Crippen molar-refractivity contribution in [2.45, 2.75) is 0 Å². The van der Waals surface area contributed by atoms with Crippen LogP contribution in [0.3, 0.4) is 0 Å². The number of hydrogen-bond acceptors (Lipinski definition) is 8. The van der Waals surface area contributed by atoms with Crippen LogP contribution in [0.15, 0.2) is 0 Å². The third-order valence-electron chi connectivity index (χ3n) is 1.75. The van der Waals surface area contributed by atoms with E-state index < -0.39 is 23.6 Å². The van der Waals surface area contributed by atoms with Crippen molar-refractivity contribution in [1.29, 1.82) is 0 Å². The van der Waals surface area contributed by atoms with Gasteiger partial charge in [0.2, 0.25) is 0 Å². The number of hydrogen-bond donors (Lipinski definition) is 2. The molecular weight excluding hydrogens is 283 g/mol. The van der Waals surface area contributed by atoms with Crippen LogP contribution in [0.25, 0.3) is 11.2 Å². The van der Waals surface area contributed by atoms with E-state index in [9.17, 15) is 19.8 Å². The number of carboxylic acid groups (broad SMARTS) is 2. The van der Waals surface area contributed by atoms with E-state index in [0.717, 1.165) is 0 Å². The zero-order valence-corrected chi connectivity index (χ0v) is 11.2. The number of nitrogen functional groups attached to an aromatic ring is 1. The fraction of sp³-hybridized carbons (Fsp3) is 0. The van der Waals surface area contributed by atoms with Gasteiger partial charge in [0.25, 0.3) is 0 Å². The molecule has 2 rings (SSSR count). The number of carbonyl (C=O) groups excluding carboxylic acids is 2. The number of carboxylic acids is 2. The first-order valence-electron chi connectivity index (χ1n) is 3.95. The number of aromatic nitrogens is 4. The van der Waals surface area contributed by atoms with Crippen LogP contribution in [0.2, 0.25) is 0 Å². The summed E-state index contributed by atoms with van der Waals surface area (Å²) < 4.78 is 0. The van der Waals surface area contributed by atoms with Gasteiger partial charge in [0.1, 0.15) is 17.5 Å². The van der Waals surface area contributed by atoms with Gasteiger partial charge in [0, 0.05) is 0 Å². The second kappa shape index (κ2) is 4.42. The van der Waals surface area contributed by atoms with E-state index in [2.05, 4.69) is 19.9 Å². The molecule has 2 aromatic heterocycles. The van der Waals surface area contributed by atoms with E-state index >= 15 is 0 Å². The van der Waals surface area contributed by atoms with Crippen LogP contribution in [-0.4, -0.2) is 31.9 Å². The molecule has 0 radical (unpaired) electrons. The van der Waals surface area contributed by atoms with Crippen LogP contribution in [0.5, 0.6) is 0 Å². The van der Waals surface area contributed by atoms with Crippen molar-refractivity contribution in [2.75, 3.05) is 5.73 Å². The number of nitrogens with one attached hydrogen (secondary N) is 1. The Morgan fingerprint density at radius 1 is 1.12 bits per heavy atom. The average Bonchev–Trinajstić information content (AvgIpc) is 2.61. The number of fused-ring (bicyclic) bond motifs is 1. The fourth-order valence-corrected chi connectivity index (χ4v) is 1.11. The van der Waals surface area contributed by atoms with Crippen molar-refractivity contribution >= 4 is 28.9 Å². The van der Waals surface area contributed by atoms with Crippen LogP contribution < -0.4 is 15.9 Å². The molecule has 17 heavy (non-hydrogen) atoms. The van der Waals surface area contributed by atoms with E-state index in [-0.39, 0.29) is 36.5 Å². The largest absolute Gasteiger partial charge is 2.00 e. The molecule has 0 amide bonds. The van der Waals surface area contributed by atoms with Crippen LogP contribution in [0, 0.1) is 0 Å². The zero-order chi connectivity index (χ0) is 11.9. The van der Waals surface area contributed by atoms with Crippen LogP contribution >= 0.6 is 0 Å². The van der Waals surface area contributed by atoms with Crippen LogP contribution in [-0.2, 0) is 19.5 Å². The second-order valence-electron chi connectivity index (χ2n) is 2.79. The smallest absolute Gasteiger partial charge is 0.542 e. The Bertz CT molecular complexity index is 610. The molecule has 10 heteroatoms. The first kappa shape index (κ1) is 13.0. The van der Waals surface area contributed by atoms with E-state index in [1.54, 1.807) is 0 Å². The van der Waals surface area contributed by atoms with Gasteiger partial charge >= 0.3 is 19.5 Å². The normalized spacial score (nSPS) is 9.88. The summed E-state index contributed by atoms with van der Waals surface area (Å²) in [5.41, 5.74) is 5.24. The summed E-state index contributed by atoms with van der Waals surface area (Å²) in [5.74, 6) is -4.60. The predicted molar refractivity (Wildman–Crippen MR) is 44.8 cm³/mol. The number of anilines is 1. The van der Waals surface area contributed by atoms with Crippen molar-refractivity contribution in [3.05, 3.63) is 11.6 Å². The molecule has 0 saturated carbocycles. The van der Waals surface area contributed by atoms with Crippen molar-refractivity contribution in [1.82, 2.24) is 19.9 Å². The Labute approximate surface area is 106 Å². The molecule has 2 aromatic rings. The number of H-pyrrole nitrogens is 1. The summed E-state index contributed by atoms with van der Waals surface area (Å²) in [7, 11) is 0. The quantitative estimate of drug-likeness (QED) is 0.541. The van der Waals surface area contributed by atoms with E-state index in [4.69, 9.17) is 5.73 Å². The summed E-state index contributed by atoms with van der Waals surface area (Å²) in [4.78, 5) is 33.6. The maximum absolute atomic E-state index is 10.5. The summed E-state index contributed by atoms with van der Waals surface area (Å²) in [6.07, 6.45) is 0. The third kappa shape index (κ3) is 2.21. The molecule has 0 aliphatic heterocycles. The number of carbonyl (C=O) groups is 2. The zero-order valence-electron chi connectivity index (χ0n) is 8.26. The van der Waals surface area contributed by atoms with Crippen molar-refractivity contribution in [2.24, 2.45) is 0 Å². The van der Waals surface area contributed by atoms with Crippen molar-refractivity contribution < 1.29 is 39.3 Å². The van der Waals surface area contributed by atoms with Gasteiger partial charge in [-0.15, -0.1) is 0 Å². The maximum atomic E-state index is 10.5. The number of aromatic carboxylic acids is 2. The maximum Gasteiger partial charge on any atom is 2.00 e.